The first kappa shape index (κ1) is 35.7. The molecule has 2 atom stereocenters. The number of carbonyl (C=O) groups is 4. The minimum atomic E-state index is -1.13. The van der Waals surface area contributed by atoms with Crippen LogP contribution in [0.15, 0.2) is 18.2 Å². The Hall–Kier alpha value is -3.34. The number of esters is 1. The summed E-state index contributed by atoms with van der Waals surface area (Å²) in [6.07, 6.45) is -1.27. The van der Waals surface area contributed by atoms with Crippen LogP contribution in [-0.2, 0) is 30.2 Å². The lowest BCUT2D eigenvalue weighted by Gasteiger charge is -2.24. The van der Waals surface area contributed by atoms with Gasteiger partial charge in [0.05, 0.1) is 6.42 Å². The number of benzene rings is 1. The quantitative estimate of drug-likeness (QED) is 0.150. The number of carbonyl (C=O) groups excluding carboxylic acids is 3. The molecule has 11 nitrogen and oxygen atoms in total. The fourth-order valence-corrected chi connectivity index (χ4v) is 3.19. The van der Waals surface area contributed by atoms with Crippen LogP contribution >= 0.6 is 0 Å². The van der Waals surface area contributed by atoms with Crippen molar-refractivity contribution in [2.75, 3.05) is 6.54 Å². The summed E-state index contributed by atoms with van der Waals surface area (Å²) in [7, 11) is 0. The Kier molecular flexibility index (Phi) is 13.1. The van der Waals surface area contributed by atoms with Crippen molar-refractivity contribution in [3.63, 3.8) is 0 Å². The van der Waals surface area contributed by atoms with Gasteiger partial charge in [0.1, 0.15) is 23.3 Å². The summed E-state index contributed by atoms with van der Waals surface area (Å²) in [6, 6.07) is 3.28. The number of rotatable bonds is 14. The standard InChI is InChI=1S/C30H47NO10/c1-11-29(7,8)40-26(35)38-22-14-13-20(16-23(22)39-27(36)41-30(9,10)12-2)15-21(25(33)34)31-18-19(3)37-24(32)17-28(4,5)6/h13-14,16,19,21,31H,11-12,15,17-18H2,1-10H3,(H,33,34)/t19?,21-/m0/s1. The van der Waals surface area contributed by atoms with Crippen LogP contribution in [0.5, 0.6) is 11.5 Å². The average Bonchev–Trinajstić information content (AvgIpc) is 2.81. The molecule has 0 aliphatic rings. The molecule has 0 aliphatic carbocycles. The summed E-state index contributed by atoms with van der Waals surface area (Å²) in [5.74, 6) is -1.74. The molecule has 232 valence electrons. The maximum absolute atomic E-state index is 12.5. The first-order chi connectivity index (χ1) is 18.8. The van der Waals surface area contributed by atoms with Crippen molar-refractivity contribution in [1.82, 2.24) is 5.32 Å². The van der Waals surface area contributed by atoms with Crippen LogP contribution < -0.4 is 14.8 Å². The molecule has 0 fully saturated rings. The van der Waals surface area contributed by atoms with Gasteiger partial charge in [0.2, 0.25) is 0 Å². The van der Waals surface area contributed by atoms with Gasteiger partial charge in [-0.3, -0.25) is 9.59 Å². The van der Waals surface area contributed by atoms with E-state index in [9.17, 15) is 24.3 Å². The zero-order valence-electron chi connectivity index (χ0n) is 26.0. The molecule has 0 amide bonds. The zero-order valence-corrected chi connectivity index (χ0v) is 26.0. The summed E-state index contributed by atoms with van der Waals surface area (Å²) in [5.41, 5.74) is -1.34. The van der Waals surface area contributed by atoms with Crippen LogP contribution in [0.1, 0.15) is 94.1 Å². The maximum Gasteiger partial charge on any atom is 0.514 e. The molecule has 1 unspecified atom stereocenters. The van der Waals surface area contributed by atoms with Crippen molar-refractivity contribution < 1.29 is 48.0 Å². The van der Waals surface area contributed by atoms with E-state index in [1.807, 2.05) is 34.6 Å². The lowest BCUT2D eigenvalue weighted by Crippen LogP contribution is -2.42. The number of nitrogens with one attached hydrogen (secondary N) is 1. The molecule has 0 aliphatic heterocycles. The van der Waals surface area contributed by atoms with Gasteiger partial charge in [0.25, 0.3) is 0 Å². The fourth-order valence-electron chi connectivity index (χ4n) is 3.19. The highest BCUT2D eigenvalue weighted by Gasteiger charge is 2.27. The van der Waals surface area contributed by atoms with E-state index in [0.717, 1.165) is 0 Å². The van der Waals surface area contributed by atoms with Gasteiger partial charge < -0.3 is 34.1 Å². The number of hydrogen-bond donors (Lipinski definition) is 2. The number of carboxylic acids is 1. The molecule has 1 aromatic carbocycles. The average molecular weight is 582 g/mol. The molecule has 0 spiro atoms. The summed E-state index contributed by atoms with van der Waals surface area (Å²) in [6.45, 7) is 18.1. The minimum Gasteiger partial charge on any atom is -0.480 e. The second kappa shape index (κ2) is 15.0. The van der Waals surface area contributed by atoms with Crippen LogP contribution in [0.4, 0.5) is 9.59 Å². The summed E-state index contributed by atoms with van der Waals surface area (Å²) in [4.78, 5) is 49.0. The van der Waals surface area contributed by atoms with Gasteiger partial charge in [-0.1, -0.05) is 40.7 Å². The number of aliphatic carboxylic acids is 1. The predicted octanol–water partition coefficient (Wildman–Crippen LogP) is 6.05. The SMILES string of the molecule is CCC(C)(C)OC(=O)Oc1ccc(C[C@H](NCC(C)OC(=O)CC(C)(C)C)C(=O)O)cc1OC(=O)OC(C)(C)CC. The molecule has 0 radical (unpaired) electrons. The van der Waals surface area contributed by atoms with Crippen LogP contribution in [0.25, 0.3) is 0 Å². The lowest BCUT2D eigenvalue weighted by atomic mass is 9.92. The molecule has 2 N–H and O–H groups in total. The second-order valence-corrected chi connectivity index (χ2v) is 12.5. The van der Waals surface area contributed by atoms with E-state index in [0.29, 0.717) is 18.4 Å². The third-order valence-electron chi connectivity index (χ3n) is 6.21. The third-order valence-corrected chi connectivity index (χ3v) is 6.21. The smallest absolute Gasteiger partial charge is 0.480 e. The molecule has 0 saturated heterocycles. The Morgan fingerprint density at radius 2 is 1.37 bits per heavy atom. The van der Waals surface area contributed by atoms with Gasteiger partial charge >= 0.3 is 24.2 Å². The zero-order chi connectivity index (χ0) is 31.6. The molecule has 0 aromatic heterocycles. The van der Waals surface area contributed by atoms with Crippen LogP contribution in [-0.4, -0.2) is 59.2 Å². The van der Waals surface area contributed by atoms with E-state index in [1.165, 1.54) is 12.1 Å². The Balaban J connectivity index is 3.10. The monoisotopic (exact) mass is 581 g/mol. The summed E-state index contributed by atoms with van der Waals surface area (Å²) < 4.78 is 26.8. The lowest BCUT2D eigenvalue weighted by molar-refractivity contribution is -0.150. The first-order valence-corrected chi connectivity index (χ1v) is 13.9. The maximum atomic E-state index is 12.5. The van der Waals surface area contributed by atoms with Crippen molar-refractivity contribution in [2.45, 2.75) is 118 Å². The Morgan fingerprint density at radius 1 is 0.854 bits per heavy atom. The number of hydrogen-bond acceptors (Lipinski definition) is 10. The third kappa shape index (κ3) is 14.2. The molecular formula is C30H47NO10. The second-order valence-electron chi connectivity index (χ2n) is 12.5. The Labute approximate surface area is 243 Å². The fraction of sp³-hybridized carbons (Fsp3) is 0.667. The van der Waals surface area contributed by atoms with Gasteiger partial charge in [-0.05, 0) is 77.0 Å². The van der Waals surface area contributed by atoms with Gasteiger partial charge in [-0.15, -0.1) is 0 Å². The molecule has 0 bridgehead atoms. The highest BCUT2D eigenvalue weighted by molar-refractivity contribution is 5.74. The molecule has 41 heavy (non-hydrogen) atoms. The van der Waals surface area contributed by atoms with Crippen LogP contribution in [0.3, 0.4) is 0 Å². The molecule has 11 heteroatoms. The van der Waals surface area contributed by atoms with Crippen molar-refractivity contribution in [2.24, 2.45) is 5.41 Å². The molecule has 0 heterocycles. The van der Waals surface area contributed by atoms with Crippen molar-refractivity contribution in [1.29, 1.82) is 0 Å². The molecular weight excluding hydrogens is 534 g/mol. The highest BCUT2D eigenvalue weighted by atomic mass is 16.8. The first-order valence-electron chi connectivity index (χ1n) is 13.9. The van der Waals surface area contributed by atoms with E-state index in [2.05, 4.69) is 5.32 Å². The topological polar surface area (TPSA) is 147 Å². The van der Waals surface area contributed by atoms with E-state index in [-0.39, 0.29) is 42.3 Å². The van der Waals surface area contributed by atoms with E-state index in [4.69, 9.17) is 23.7 Å². The largest absolute Gasteiger partial charge is 0.514 e. The van der Waals surface area contributed by atoms with E-state index >= 15 is 0 Å². The van der Waals surface area contributed by atoms with E-state index in [1.54, 1.807) is 40.7 Å². The highest BCUT2D eigenvalue weighted by Crippen LogP contribution is 2.31. The van der Waals surface area contributed by atoms with E-state index < -0.39 is 41.6 Å². The number of ether oxygens (including phenoxy) is 5. The number of carboxylic acid groups (broad SMARTS) is 1. The van der Waals surface area contributed by atoms with Crippen molar-refractivity contribution >= 4 is 24.2 Å². The predicted molar refractivity (Wildman–Crippen MR) is 152 cm³/mol. The van der Waals surface area contributed by atoms with Crippen molar-refractivity contribution in [3.05, 3.63) is 23.8 Å². The minimum absolute atomic E-state index is 0.0164. The Morgan fingerprint density at radius 3 is 1.83 bits per heavy atom. The van der Waals surface area contributed by atoms with Crippen LogP contribution in [0.2, 0.25) is 0 Å². The van der Waals surface area contributed by atoms with Gasteiger partial charge in [-0.2, -0.15) is 0 Å². The molecule has 0 saturated carbocycles. The molecule has 1 rings (SSSR count). The summed E-state index contributed by atoms with van der Waals surface area (Å²) in [5, 5.41) is 12.7. The molecule has 1 aromatic rings. The van der Waals surface area contributed by atoms with Crippen LogP contribution in [0, 0.1) is 5.41 Å². The Bertz CT molecular complexity index is 1060. The van der Waals surface area contributed by atoms with Gasteiger partial charge in [0.15, 0.2) is 11.5 Å². The van der Waals surface area contributed by atoms with Crippen molar-refractivity contribution in [3.8, 4) is 11.5 Å². The van der Waals surface area contributed by atoms with Gasteiger partial charge in [-0.25, -0.2) is 9.59 Å². The van der Waals surface area contributed by atoms with Gasteiger partial charge in [0, 0.05) is 6.54 Å². The normalized spacial score (nSPS) is 13.5. The summed E-state index contributed by atoms with van der Waals surface area (Å²) >= 11 is 0.